The first kappa shape index (κ1) is 25.6. The summed E-state index contributed by atoms with van der Waals surface area (Å²) in [5, 5.41) is 13.4. The van der Waals surface area contributed by atoms with Crippen molar-refractivity contribution < 1.29 is 14.7 Å². The summed E-state index contributed by atoms with van der Waals surface area (Å²) in [4.78, 5) is 33.2. The Bertz CT molecular complexity index is 1010. The number of carbonyl (C=O) groups is 2. The third kappa shape index (κ3) is 5.09. The lowest BCUT2D eigenvalue weighted by atomic mass is 9.86. The Hall–Kier alpha value is -2.00. The van der Waals surface area contributed by atoms with Crippen LogP contribution in [0.5, 0.6) is 0 Å². The van der Waals surface area contributed by atoms with E-state index in [1.54, 1.807) is 11.3 Å². The average molecular weight is 493 g/mol. The molecule has 2 fully saturated rings. The predicted molar refractivity (Wildman–Crippen MR) is 132 cm³/mol. The van der Waals surface area contributed by atoms with Gasteiger partial charge in [0.15, 0.2) is 0 Å². The molecule has 0 bridgehead atoms. The van der Waals surface area contributed by atoms with Crippen molar-refractivity contribution in [3.05, 3.63) is 41.0 Å². The number of aliphatic hydroxyl groups excluding tert-OH is 1. The number of aliphatic hydroxyl groups is 1. The number of aryl methyl sites for hydroxylation is 1. The van der Waals surface area contributed by atoms with E-state index >= 15 is 0 Å². The Morgan fingerprint density at radius 2 is 1.91 bits per heavy atom. The van der Waals surface area contributed by atoms with Gasteiger partial charge in [0.2, 0.25) is 11.8 Å². The van der Waals surface area contributed by atoms with Gasteiger partial charge in [0.1, 0.15) is 6.04 Å². The molecular weight excluding hydrogens is 460 g/mol. The first-order chi connectivity index (χ1) is 15.0. The van der Waals surface area contributed by atoms with Crippen LogP contribution < -0.4 is 11.1 Å². The Balaban J connectivity index is 0.00000306. The number of likely N-dealkylation sites (tertiary alicyclic amines) is 1. The number of halogens is 1. The number of amides is 2. The minimum Gasteiger partial charge on any atom is -0.391 e. The highest BCUT2D eigenvalue weighted by Gasteiger charge is 2.49. The highest BCUT2D eigenvalue weighted by molar-refractivity contribution is 7.13. The second kappa shape index (κ2) is 9.33. The summed E-state index contributed by atoms with van der Waals surface area (Å²) >= 11 is 1.61. The molecule has 180 valence electrons. The highest BCUT2D eigenvalue weighted by atomic mass is 35.5. The summed E-state index contributed by atoms with van der Waals surface area (Å²) in [5.74, 6) is -0.515. The Morgan fingerprint density at radius 1 is 1.27 bits per heavy atom. The van der Waals surface area contributed by atoms with Gasteiger partial charge in [0.25, 0.3) is 0 Å². The molecule has 1 aromatic heterocycles. The van der Waals surface area contributed by atoms with Crippen molar-refractivity contribution in [1.29, 1.82) is 0 Å². The molecule has 0 spiro atoms. The monoisotopic (exact) mass is 492 g/mol. The quantitative estimate of drug-likeness (QED) is 0.594. The summed E-state index contributed by atoms with van der Waals surface area (Å²) in [5.41, 5.74) is 10.4. The standard InChI is InChI=1S/C24H32N4O3S.ClH/c1-14-19(32-13-26-14)15-5-7-16(8-6-15)24(9-10-24)27-21(30)18-11-17(29)12-28(18)22(31)20(25)23(2,3)4;/h5-8,13,17-18,20,29H,9-12,25H2,1-4H3,(H,27,30);1H/t17-,18+,20-;/m1./s1. The van der Waals surface area contributed by atoms with Crippen molar-refractivity contribution in [2.75, 3.05) is 6.54 Å². The average Bonchev–Trinajstić information content (AvgIpc) is 3.21. The number of rotatable bonds is 5. The number of aromatic nitrogens is 1. The number of thiazole rings is 1. The van der Waals surface area contributed by atoms with E-state index in [0.29, 0.717) is 0 Å². The zero-order chi connectivity index (χ0) is 23.3. The van der Waals surface area contributed by atoms with Crippen LogP contribution in [0.25, 0.3) is 10.4 Å². The predicted octanol–water partition coefficient (Wildman–Crippen LogP) is 2.98. The van der Waals surface area contributed by atoms with Gasteiger partial charge in [-0.2, -0.15) is 0 Å². The Morgan fingerprint density at radius 3 is 2.42 bits per heavy atom. The van der Waals surface area contributed by atoms with Crippen LogP contribution in [0, 0.1) is 12.3 Å². The fourth-order valence-corrected chi connectivity index (χ4v) is 5.12. The van der Waals surface area contributed by atoms with Gasteiger partial charge in [0, 0.05) is 13.0 Å². The normalized spacial score (nSPS) is 22.4. The van der Waals surface area contributed by atoms with E-state index in [9.17, 15) is 14.7 Å². The SMILES string of the molecule is Cc1ncsc1-c1ccc(C2(NC(=O)[C@@H]3C[C@@H](O)CN3C(=O)[C@@H](N)C(C)(C)C)CC2)cc1.Cl. The fourth-order valence-electron chi connectivity index (χ4n) is 4.30. The van der Waals surface area contributed by atoms with Crippen LogP contribution >= 0.6 is 23.7 Å². The van der Waals surface area contributed by atoms with E-state index in [1.807, 2.05) is 33.2 Å². The summed E-state index contributed by atoms with van der Waals surface area (Å²) in [6.07, 6.45) is 1.21. The molecule has 7 nitrogen and oxygen atoms in total. The molecule has 4 rings (SSSR count). The number of hydrogen-bond acceptors (Lipinski definition) is 6. The molecule has 2 amide bonds. The molecule has 3 atom stereocenters. The smallest absolute Gasteiger partial charge is 0.243 e. The van der Waals surface area contributed by atoms with Crippen LogP contribution in [-0.4, -0.2) is 51.5 Å². The molecular formula is C24H33ClN4O3S. The van der Waals surface area contributed by atoms with Crippen LogP contribution in [0.2, 0.25) is 0 Å². The third-order valence-electron chi connectivity index (χ3n) is 6.62. The number of nitrogens with zero attached hydrogens (tertiary/aromatic N) is 2. The lowest BCUT2D eigenvalue weighted by Gasteiger charge is -2.33. The summed E-state index contributed by atoms with van der Waals surface area (Å²) in [6.45, 7) is 7.82. The maximum absolute atomic E-state index is 13.2. The molecule has 9 heteroatoms. The largest absolute Gasteiger partial charge is 0.391 e. The molecule has 4 N–H and O–H groups in total. The van der Waals surface area contributed by atoms with Crippen LogP contribution in [-0.2, 0) is 15.1 Å². The molecule has 0 radical (unpaired) electrons. The third-order valence-corrected chi connectivity index (χ3v) is 7.60. The number of nitrogens with two attached hydrogens (primary N) is 1. The number of benzene rings is 1. The highest BCUT2D eigenvalue weighted by Crippen LogP contribution is 2.46. The summed E-state index contributed by atoms with van der Waals surface area (Å²) in [6, 6.07) is 6.82. The van der Waals surface area contributed by atoms with E-state index < -0.39 is 29.1 Å². The first-order valence-corrected chi connectivity index (χ1v) is 12.0. The van der Waals surface area contributed by atoms with Gasteiger partial charge in [-0.05, 0) is 36.3 Å². The van der Waals surface area contributed by atoms with Crippen LogP contribution in [0.15, 0.2) is 29.8 Å². The lowest BCUT2D eigenvalue weighted by Crippen LogP contribution is -2.55. The van der Waals surface area contributed by atoms with Gasteiger partial charge < -0.3 is 21.1 Å². The number of hydrogen-bond donors (Lipinski definition) is 3. The molecule has 1 aliphatic heterocycles. The van der Waals surface area contributed by atoms with Crippen molar-refractivity contribution in [2.45, 2.75) is 70.7 Å². The van der Waals surface area contributed by atoms with E-state index in [4.69, 9.17) is 5.73 Å². The zero-order valence-corrected chi connectivity index (χ0v) is 21.1. The number of β-amino-alcohol motifs (C(OH)–C–C–N with tert-alkyl or cyclic N) is 1. The molecule has 2 aliphatic rings. The minimum absolute atomic E-state index is 0. The van der Waals surface area contributed by atoms with Crippen LogP contribution in [0.4, 0.5) is 0 Å². The zero-order valence-electron chi connectivity index (χ0n) is 19.5. The summed E-state index contributed by atoms with van der Waals surface area (Å²) < 4.78 is 0. The molecule has 1 aromatic carbocycles. The minimum atomic E-state index is -0.735. The van der Waals surface area contributed by atoms with Gasteiger partial charge in [-0.1, -0.05) is 45.0 Å². The molecule has 33 heavy (non-hydrogen) atoms. The van der Waals surface area contributed by atoms with Gasteiger partial charge in [-0.15, -0.1) is 23.7 Å². The molecule has 1 saturated carbocycles. The molecule has 0 unspecified atom stereocenters. The van der Waals surface area contributed by atoms with Gasteiger partial charge in [0.05, 0.1) is 33.8 Å². The number of carbonyl (C=O) groups excluding carboxylic acids is 2. The molecule has 2 heterocycles. The van der Waals surface area contributed by atoms with Crippen molar-refractivity contribution in [1.82, 2.24) is 15.2 Å². The molecule has 1 saturated heterocycles. The maximum atomic E-state index is 13.2. The lowest BCUT2D eigenvalue weighted by molar-refractivity contribution is -0.141. The Labute approximate surface area is 205 Å². The van der Waals surface area contributed by atoms with Gasteiger partial charge in [-0.25, -0.2) is 4.98 Å². The summed E-state index contributed by atoms with van der Waals surface area (Å²) in [7, 11) is 0. The Kier molecular flexibility index (Phi) is 7.24. The van der Waals surface area contributed by atoms with Crippen molar-refractivity contribution in [3.63, 3.8) is 0 Å². The molecule has 2 aromatic rings. The van der Waals surface area contributed by atoms with E-state index in [2.05, 4.69) is 34.6 Å². The second-order valence-corrected chi connectivity index (χ2v) is 11.0. The van der Waals surface area contributed by atoms with Crippen LogP contribution in [0.3, 0.4) is 0 Å². The van der Waals surface area contributed by atoms with E-state index in [0.717, 1.165) is 34.5 Å². The molecule has 1 aliphatic carbocycles. The maximum Gasteiger partial charge on any atom is 0.243 e. The number of nitrogens with one attached hydrogen (secondary N) is 1. The van der Waals surface area contributed by atoms with Crippen molar-refractivity contribution >= 4 is 35.6 Å². The van der Waals surface area contributed by atoms with E-state index in [1.165, 1.54) is 4.90 Å². The fraction of sp³-hybridized carbons (Fsp3) is 0.542. The second-order valence-electron chi connectivity index (χ2n) is 10.2. The topological polar surface area (TPSA) is 109 Å². The van der Waals surface area contributed by atoms with Gasteiger partial charge in [-0.3, -0.25) is 9.59 Å². The van der Waals surface area contributed by atoms with Crippen LogP contribution in [0.1, 0.15) is 51.3 Å². The van der Waals surface area contributed by atoms with E-state index in [-0.39, 0.29) is 37.2 Å². The van der Waals surface area contributed by atoms with Gasteiger partial charge >= 0.3 is 0 Å². The first-order valence-electron chi connectivity index (χ1n) is 11.1. The van der Waals surface area contributed by atoms with Crippen molar-refractivity contribution in [3.8, 4) is 10.4 Å². The van der Waals surface area contributed by atoms with Crippen molar-refractivity contribution in [2.24, 2.45) is 11.1 Å².